The summed E-state index contributed by atoms with van der Waals surface area (Å²) >= 11 is 7.35. The van der Waals surface area contributed by atoms with Crippen molar-refractivity contribution in [2.24, 2.45) is 5.73 Å². The van der Waals surface area contributed by atoms with Crippen molar-refractivity contribution < 1.29 is 4.52 Å². The zero-order valence-electron chi connectivity index (χ0n) is 17.8. The maximum Gasteiger partial charge on any atom is 0.184 e. The van der Waals surface area contributed by atoms with Gasteiger partial charge in [-0.15, -0.1) is 11.3 Å². The lowest BCUT2D eigenvalue weighted by atomic mass is 10.0. The number of thiazole rings is 1. The van der Waals surface area contributed by atoms with E-state index in [1.165, 1.54) is 16.9 Å². The van der Waals surface area contributed by atoms with E-state index in [0.29, 0.717) is 29.6 Å². The highest BCUT2D eigenvalue weighted by atomic mass is 35.5. The average Bonchev–Trinajstić information content (AvgIpc) is 3.41. The Morgan fingerprint density at radius 3 is 2.71 bits per heavy atom. The normalized spacial score (nSPS) is 12.6. The Bertz CT molecular complexity index is 1060. The largest absolute Gasteiger partial charge is 0.398 e. The number of nitrogens with one attached hydrogen (secondary N) is 1. The molecule has 2 heterocycles. The van der Waals surface area contributed by atoms with Crippen LogP contribution in [0, 0.1) is 0 Å². The van der Waals surface area contributed by atoms with Crippen LogP contribution in [0.25, 0.3) is 5.57 Å². The van der Waals surface area contributed by atoms with Crippen molar-refractivity contribution in [3.05, 3.63) is 93.4 Å². The van der Waals surface area contributed by atoms with Crippen molar-refractivity contribution >= 4 is 33.6 Å². The number of allylic oxidation sites excluding steroid dienone is 5. The molecule has 3 aromatic rings. The number of aromatic nitrogens is 2. The van der Waals surface area contributed by atoms with Crippen LogP contribution in [0.15, 0.2) is 70.2 Å². The van der Waals surface area contributed by atoms with Gasteiger partial charge in [-0.25, -0.2) is 4.98 Å². The van der Waals surface area contributed by atoms with E-state index in [9.17, 15) is 0 Å². The molecular weight excluding hydrogens is 428 g/mol. The van der Waals surface area contributed by atoms with Gasteiger partial charge in [-0.2, -0.15) is 0 Å². The maximum absolute atomic E-state index is 6.28. The summed E-state index contributed by atoms with van der Waals surface area (Å²) in [7, 11) is 0. The Balaban J connectivity index is 1.65. The summed E-state index contributed by atoms with van der Waals surface area (Å²) in [5.74, 6) is 0.681. The van der Waals surface area contributed by atoms with Crippen molar-refractivity contribution in [2.75, 3.05) is 5.32 Å². The van der Waals surface area contributed by atoms with E-state index in [0.717, 1.165) is 34.8 Å². The fraction of sp³-hybridized carbons (Fsp3) is 0.250. The quantitative estimate of drug-likeness (QED) is 0.338. The van der Waals surface area contributed by atoms with Gasteiger partial charge < -0.3 is 15.6 Å². The molecule has 0 aliphatic heterocycles. The Hall–Kier alpha value is -2.83. The van der Waals surface area contributed by atoms with Gasteiger partial charge in [-0.3, -0.25) is 0 Å². The fourth-order valence-electron chi connectivity index (χ4n) is 2.94. The molecule has 0 saturated heterocycles. The van der Waals surface area contributed by atoms with Gasteiger partial charge in [0.05, 0.1) is 5.69 Å². The van der Waals surface area contributed by atoms with Crippen LogP contribution in [0.5, 0.6) is 0 Å². The second-order valence-electron chi connectivity index (χ2n) is 7.06. The van der Waals surface area contributed by atoms with Crippen molar-refractivity contribution in [1.29, 1.82) is 0 Å². The smallest absolute Gasteiger partial charge is 0.184 e. The van der Waals surface area contributed by atoms with E-state index in [-0.39, 0.29) is 0 Å². The summed E-state index contributed by atoms with van der Waals surface area (Å²) in [5.41, 5.74) is 11.0. The first-order valence-corrected chi connectivity index (χ1v) is 11.5. The third kappa shape index (κ3) is 6.84. The molecule has 0 aliphatic rings. The molecule has 0 radical (unpaired) electrons. The molecule has 0 unspecified atom stereocenters. The first kappa shape index (κ1) is 22.8. The maximum atomic E-state index is 6.28. The fourth-order valence-corrected chi connectivity index (χ4v) is 3.78. The molecule has 0 saturated carbocycles. The average molecular weight is 455 g/mol. The summed E-state index contributed by atoms with van der Waals surface area (Å²) in [4.78, 5) is 4.20. The molecule has 0 amide bonds. The van der Waals surface area contributed by atoms with Crippen LogP contribution in [0.2, 0.25) is 5.15 Å². The van der Waals surface area contributed by atoms with Gasteiger partial charge in [0.2, 0.25) is 0 Å². The number of hydrogen-bond donors (Lipinski definition) is 2. The van der Waals surface area contributed by atoms with Gasteiger partial charge in [0.15, 0.2) is 10.9 Å². The van der Waals surface area contributed by atoms with Crippen molar-refractivity contribution in [3.8, 4) is 0 Å². The van der Waals surface area contributed by atoms with E-state index in [4.69, 9.17) is 21.9 Å². The summed E-state index contributed by atoms with van der Waals surface area (Å²) in [6.07, 6.45) is 10.6. The minimum Gasteiger partial charge on any atom is -0.398 e. The molecule has 0 spiro atoms. The van der Waals surface area contributed by atoms with Gasteiger partial charge in [0, 0.05) is 35.7 Å². The molecule has 5 nitrogen and oxygen atoms in total. The third-order valence-electron chi connectivity index (χ3n) is 4.57. The number of rotatable bonds is 10. The van der Waals surface area contributed by atoms with Crippen LogP contribution in [0.1, 0.15) is 49.3 Å². The van der Waals surface area contributed by atoms with E-state index in [1.807, 2.05) is 42.7 Å². The van der Waals surface area contributed by atoms with E-state index >= 15 is 0 Å². The molecule has 0 atom stereocenters. The monoisotopic (exact) mass is 454 g/mol. The van der Waals surface area contributed by atoms with Crippen LogP contribution in [0.3, 0.4) is 0 Å². The SMILES string of the molecule is C\C=C/C=C(\C(N)=C\CCC)c1cc(Cc2ccc(CNc3nc(Cl)cs3)cc2)no1. The molecule has 7 heteroatoms. The third-order valence-corrected chi connectivity index (χ3v) is 5.69. The number of hydrogen-bond acceptors (Lipinski definition) is 6. The summed E-state index contributed by atoms with van der Waals surface area (Å²) in [6, 6.07) is 10.4. The van der Waals surface area contributed by atoms with E-state index in [2.05, 4.69) is 46.6 Å². The Morgan fingerprint density at radius 2 is 2.03 bits per heavy atom. The van der Waals surface area contributed by atoms with E-state index in [1.54, 1.807) is 0 Å². The van der Waals surface area contributed by atoms with Crippen LogP contribution in [-0.2, 0) is 13.0 Å². The Labute approximate surface area is 192 Å². The molecule has 0 bridgehead atoms. The highest BCUT2D eigenvalue weighted by Crippen LogP contribution is 2.23. The lowest BCUT2D eigenvalue weighted by molar-refractivity contribution is 0.404. The zero-order chi connectivity index (χ0) is 22.1. The standard InChI is InChI=1S/C24H27ClN4OS/c1-3-5-7-20(21(26)8-6-4-2)22-14-19(29-30-22)13-17-9-11-18(12-10-17)15-27-24-28-23(25)16-31-24/h3,5,7-12,14,16H,4,6,13,15,26H2,1-2H3,(H,27,28)/b5-3-,20-7+,21-8-. The van der Waals surface area contributed by atoms with Gasteiger partial charge in [-0.1, -0.05) is 72.6 Å². The summed E-state index contributed by atoms with van der Waals surface area (Å²) < 4.78 is 5.61. The highest BCUT2D eigenvalue weighted by molar-refractivity contribution is 7.14. The van der Waals surface area contributed by atoms with Crippen molar-refractivity contribution in [2.45, 2.75) is 39.7 Å². The first-order chi connectivity index (χ1) is 15.1. The molecule has 0 fully saturated rings. The minimum absolute atomic E-state index is 0.515. The van der Waals surface area contributed by atoms with Crippen LogP contribution in [0.4, 0.5) is 5.13 Å². The number of benzene rings is 1. The topological polar surface area (TPSA) is 77.0 Å². The Morgan fingerprint density at radius 1 is 1.26 bits per heavy atom. The highest BCUT2D eigenvalue weighted by Gasteiger charge is 2.12. The second kappa shape index (κ2) is 11.5. The van der Waals surface area contributed by atoms with Gasteiger partial charge in [0.25, 0.3) is 0 Å². The summed E-state index contributed by atoms with van der Waals surface area (Å²) in [5, 5.41) is 10.7. The number of anilines is 1. The van der Waals surface area contributed by atoms with Gasteiger partial charge in [0.1, 0.15) is 5.15 Å². The summed E-state index contributed by atoms with van der Waals surface area (Å²) in [6.45, 7) is 4.79. The number of nitrogens with two attached hydrogens (primary N) is 1. The lowest BCUT2D eigenvalue weighted by Crippen LogP contribution is -2.00. The minimum atomic E-state index is 0.515. The molecule has 162 valence electrons. The predicted molar refractivity (Wildman–Crippen MR) is 130 cm³/mol. The van der Waals surface area contributed by atoms with Crippen molar-refractivity contribution in [1.82, 2.24) is 10.1 Å². The molecule has 31 heavy (non-hydrogen) atoms. The Kier molecular flexibility index (Phi) is 8.50. The second-order valence-corrected chi connectivity index (χ2v) is 8.30. The van der Waals surface area contributed by atoms with Crippen LogP contribution >= 0.6 is 22.9 Å². The number of halogens is 1. The molecule has 1 aromatic carbocycles. The zero-order valence-corrected chi connectivity index (χ0v) is 19.3. The van der Waals surface area contributed by atoms with Gasteiger partial charge >= 0.3 is 0 Å². The molecule has 3 rings (SSSR count). The number of nitrogens with zero attached hydrogens (tertiary/aromatic N) is 2. The molecule has 0 aliphatic carbocycles. The molecule has 2 aromatic heterocycles. The van der Waals surface area contributed by atoms with Crippen LogP contribution < -0.4 is 11.1 Å². The lowest BCUT2D eigenvalue weighted by Gasteiger charge is -2.04. The van der Waals surface area contributed by atoms with Crippen LogP contribution in [-0.4, -0.2) is 10.1 Å². The van der Waals surface area contributed by atoms with Gasteiger partial charge in [-0.05, 0) is 30.5 Å². The van der Waals surface area contributed by atoms with E-state index < -0.39 is 0 Å². The molecular formula is C24H27ClN4OS. The predicted octanol–water partition coefficient (Wildman–Crippen LogP) is 6.59. The first-order valence-electron chi connectivity index (χ1n) is 10.3. The number of unbranched alkanes of at least 4 members (excludes halogenated alkanes) is 1. The molecule has 3 N–H and O–H groups in total. The van der Waals surface area contributed by atoms with Crippen molar-refractivity contribution in [3.63, 3.8) is 0 Å².